The Labute approximate surface area is 166 Å². The number of nitrogens with one attached hydrogen (secondary N) is 1. The number of amides is 1. The van der Waals surface area contributed by atoms with E-state index < -0.39 is 4.92 Å². The molecule has 2 aromatic rings. The minimum Gasteiger partial charge on any atom is -0.399 e. The molecule has 0 radical (unpaired) electrons. The molecule has 6 nitrogen and oxygen atoms in total. The lowest BCUT2D eigenvalue weighted by atomic mass is 10.0. The van der Waals surface area contributed by atoms with Gasteiger partial charge in [-0.05, 0) is 50.1 Å². The highest BCUT2D eigenvalue weighted by Gasteiger charge is 2.18. The van der Waals surface area contributed by atoms with Gasteiger partial charge in [-0.2, -0.15) is 0 Å². The second-order valence-corrected chi connectivity index (χ2v) is 6.00. The van der Waals surface area contributed by atoms with Crippen LogP contribution in [0.2, 0.25) is 0 Å². The summed E-state index contributed by atoms with van der Waals surface area (Å²) in [5.41, 5.74) is 7.44. The van der Waals surface area contributed by atoms with Gasteiger partial charge in [0.1, 0.15) is 0 Å². The summed E-state index contributed by atoms with van der Waals surface area (Å²) in [4.78, 5) is 22.5. The maximum atomic E-state index is 11.8. The van der Waals surface area contributed by atoms with Crippen LogP contribution in [0.4, 0.5) is 11.4 Å². The molecule has 0 unspecified atom stereocenters. The molecule has 6 heteroatoms. The quantitative estimate of drug-likeness (QED) is 0.247. The highest BCUT2D eigenvalue weighted by molar-refractivity contribution is 5.96. The second kappa shape index (κ2) is 12.1. The normalized spacial score (nSPS) is 9.39. The summed E-state index contributed by atoms with van der Waals surface area (Å²) in [6, 6.07) is 11.3. The third-order valence-electron chi connectivity index (χ3n) is 3.82. The average molecular weight is 381 g/mol. The van der Waals surface area contributed by atoms with E-state index in [4.69, 9.17) is 5.73 Å². The minimum atomic E-state index is -0.499. The number of nitro groups is 1. The van der Waals surface area contributed by atoms with Crippen LogP contribution in [0.5, 0.6) is 0 Å². The molecule has 0 saturated heterocycles. The Morgan fingerprint density at radius 2 is 1.96 bits per heavy atom. The first-order chi connectivity index (χ1) is 13.4. The van der Waals surface area contributed by atoms with Gasteiger partial charge in [-0.25, -0.2) is 0 Å². The van der Waals surface area contributed by atoms with Crippen molar-refractivity contribution in [3.8, 4) is 23.0 Å². The average Bonchev–Trinajstić information content (AvgIpc) is 2.68. The predicted octanol–water partition coefficient (Wildman–Crippen LogP) is 4.79. The lowest BCUT2D eigenvalue weighted by Gasteiger charge is -2.07. The number of nitro benzene ring substituents is 1. The van der Waals surface area contributed by atoms with Crippen LogP contribution in [0.1, 0.15) is 50.4 Å². The van der Waals surface area contributed by atoms with Gasteiger partial charge in [-0.3, -0.25) is 14.9 Å². The Hall–Kier alpha value is -3.33. The number of nitrogens with two attached hydrogens (primary N) is 1. The zero-order valence-corrected chi connectivity index (χ0v) is 16.6. The van der Waals surface area contributed by atoms with Gasteiger partial charge in [0, 0.05) is 30.3 Å². The second-order valence-electron chi connectivity index (χ2n) is 6.00. The molecule has 3 N–H and O–H groups in total. The molecular weight excluding hydrogens is 354 g/mol. The zero-order chi connectivity index (χ0) is 20.9. The molecule has 1 amide bonds. The first kappa shape index (κ1) is 22.7. The number of hydrogen-bond donors (Lipinski definition) is 2. The van der Waals surface area contributed by atoms with Crippen molar-refractivity contribution in [2.24, 2.45) is 0 Å². The summed E-state index contributed by atoms with van der Waals surface area (Å²) in [7, 11) is 0. The number of benzene rings is 2. The molecule has 0 aliphatic carbocycles. The van der Waals surface area contributed by atoms with Crippen molar-refractivity contribution in [3.63, 3.8) is 0 Å². The minimum absolute atomic E-state index is 0.121. The maximum absolute atomic E-state index is 11.8. The van der Waals surface area contributed by atoms with Crippen LogP contribution in [-0.2, 0) is 0 Å². The van der Waals surface area contributed by atoms with E-state index in [2.05, 4.69) is 24.1 Å². The molecule has 0 heterocycles. The van der Waals surface area contributed by atoms with Crippen LogP contribution in [0, 0.1) is 22.0 Å². The van der Waals surface area contributed by atoms with Crippen molar-refractivity contribution in [2.75, 3.05) is 12.3 Å². The van der Waals surface area contributed by atoms with Crippen molar-refractivity contribution in [1.29, 1.82) is 0 Å². The molecule has 148 valence electrons. The summed E-state index contributed by atoms with van der Waals surface area (Å²) < 4.78 is 0. The van der Waals surface area contributed by atoms with Gasteiger partial charge in [-0.1, -0.05) is 25.5 Å². The molecule has 0 aliphatic heterocycles. The number of unbranched alkanes of at least 4 members (excludes halogenated alkanes) is 2. The van der Waals surface area contributed by atoms with Crippen molar-refractivity contribution in [3.05, 3.63) is 58.1 Å². The van der Waals surface area contributed by atoms with Crippen LogP contribution in [-0.4, -0.2) is 17.4 Å². The van der Waals surface area contributed by atoms with Gasteiger partial charge in [0.2, 0.25) is 0 Å². The molecule has 0 aliphatic rings. The zero-order valence-electron chi connectivity index (χ0n) is 16.6. The number of anilines is 1. The van der Waals surface area contributed by atoms with E-state index in [1.54, 1.807) is 43.3 Å². The van der Waals surface area contributed by atoms with Crippen LogP contribution >= 0.6 is 0 Å². The van der Waals surface area contributed by atoms with E-state index in [9.17, 15) is 14.9 Å². The van der Waals surface area contributed by atoms with Gasteiger partial charge in [0.25, 0.3) is 11.6 Å². The Morgan fingerprint density at radius 3 is 2.54 bits per heavy atom. The van der Waals surface area contributed by atoms with Crippen molar-refractivity contribution < 1.29 is 9.72 Å². The van der Waals surface area contributed by atoms with Crippen molar-refractivity contribution >= 4 is 17.3 Å². The third kappa shape index (κ3) is 7.12. The molecule has 0 saturated carbocycles. The van der Waals surface area contributed by atoms with E-state index in [1.807, 2.05) is 6.92 Å². The SMILES string of the molecule is CC#CCCCC.CCNC(=O)c1ccc(-c2cccc(N)c2)c([N+](=O)[O-])c1. The smallest absolute Gasteiger partial charge is 0.277 e. The number of nitrogens with zero attached hydrogens (tertiary/aromatic N) is 1. The van der Waals surface area contributed by atoms with Crippen LogP contribution < -0.4 is 11.1 Å². The largest absolute Gasteiger partial charge is 0.399 e. The van der Waals surface area contributed by atoms with Gasteiger partial charge in [0.05, 0.1) is 10.5 Å². The molecular formula is C22H27N3O3. The third-order valence-corrected chi connectivity index (χ3v) is 3.82. The Kier molecular flexibility index (Phi) is 9.84. The summed E-state index contributed by atoms with van der Waals surface area (Å²) >= 11 is 0. The maximum Gasteiger partial charge on any atom is 0.277 e. The molecule has 0 atom stereocenters. The topological polar surface area (TPSA) is 98.3 Å². The fourth-order valence-electron chi connectivity index (χ4n) is 2.43. The molecule has 0 fully saturated rings. The summed E-state index contributed by atoms with van der Waals surface area (Å²) in [5, 5.41) is 13.9. The molecule has 28 heavy (non-hydrogen) atoms. The van der Waals surface area contributed by atoms with E-state index in [1.165, 1.54) is 18.9 Å². The summed E-state index contributed by atoms with van der Waals surface area (Å²) in [6.45, 7) is 6.31. The fraction of sp³-hybridized carbons (Fsp3) is 0.318. The number of rotatable bonds is 6. The Balaban J connectivity index is 0.000000480. The fourth-order valence-corrected chi connectivity index (χ4v) is 2.43. The highest BCUT2D eigenvalue weighted by atomic mass is 16.6. The van der Waals surface area contributed by atoms with Gasteiger partial charge in [0.15, 0.2) is 0 Å². The monoisotopic (exact) mass is 381 g/mol. The number of carbonyl (C=O) groups is 1. The van der Waals surface area contributed by atoms with E-state index in [0.717, 1.165) is 6.42 Å². The predicted molar refractivity (Wildman–Crippen MR) is 114 cm³/mol. The van der Waals surface area contributed by atoms with Crippen molar-refractivity contribution in [2.45, 2.75) is 40.0 Å². The van der Waals surface area contributed by atoms with Crippen LogP contribution in [0.15, 0.2) is 42.5 Å². The Bertz CT molecular complexity index is 867. The van der Waals surface area contributed by atoms with Gasteiger partial charge in [-0.15, -0.1) is 11.8 Å². The number of hydrogen-bond acceptors (Lipinski definition) is 4. The van der Waals surface area contributed by atoms with E-state index >= 15 is 0 Å². The number of carbonyl (C=O) groups excluding carboxylic acids is 1. The highest BCUT2D eigenvalue weighted by Crippen LogP contribution is 2.31. The van der Waals surface area contributed by atoms with E-state index in [0.29, 0.717) is 23.4 Å². The first-order valence-electron chi connectivity index (χ1n) is 9.26. The Morgan fingerprint density at radius 1 is 1.21 bits per heavy atom. The molecule has 2 rings (SSSR count). The lowest BCUT2D eigenvalue weighted by molar-refractivity contribution is -0.384. The molecule has 0 aromatic heterocycles. The standard InChI is InChI=1S/C15H15N3O3.C7H12/c1-2-17-15(19)11-6-7-13(14(9-11)18(20)21)10-4-3-5-12(16)8-10;1-3-5-7-6-4-2/h3-9H,2,16H2,1H3,(H,17,19);3,5,7H2,1-2H3. The first-order valence-corrected chi connectivity index (χ1v) is 9.26. The molecule has 0 bridgehead atoms. The van der Waals surface area contributed by atoms with Gasteiger partial charge >= 0.3 is 0 Å². The van der Waals surface area contributed by atoms with E-state index in [-0.39, 0.29) is 17.2 Å². The number of nitrogen functional groups attached to an aromatic ring is 1. The summed E-state index contributed by atoms with van der Waals surface area (Å²) in [6.07, 6.45) is 3.59. The van der Waals surface area contributed by atoms with Crippen molar-refractivity contribution in [1.82, 2.24) is 5.32 Å². The molecule has 0 spiro atoms. The molecule has 2 aromatic carbocycles. The lowest BCUT2D eigenvalue weighted by Crippen LogP contribution is -2.22. The van der Waals surface area contributed by atoms with Crippen LogP contribution in [0.25, 0.3) is 11.1 Å². The summed E-state index contributed by atoms with van der Waals surface area (Å²) in [5.74, 6) is 5.52. The van der Waals surface area contributed by atoms with Gasteiger partial charge < -0.3 is 11.1 Å². The van der Waals surface area contributed by atoms with Crippen LogP contribution in [0.3, 0.4) is 0 Å².